The Kier molecular flexibility index (Phi) is 5.66. The molecule has 29 heavy (non-hydrogen) atoms. The number of hydrogen-bond donors (Lipinski definition) is 2. The molecule has 0 spiro atoms. The lowest BCUT2D eigenvalue weighted by Crippen LogP contribution is -2.56. The maximum atomic E-state index is 12.4. The summed E-state index contributed by atoms with van der Waals surface area (Å²) in [6.45, 7) is 6.82. The van der Waals surface area contributed by atoms with E-state index in [4.69, 9.17) is 9.47 Å². The Labute approximate surface area is 170 Å². The van der Waals surface area contributed by atoms with Crippen LogP contribution in [-0.4, -0.2) is 41.5 Å². The molecule has 6 nitrogen and oxygen atoms in total. The lowest BCUT2D eigenvalue weighted by atomic mass is 9.98. The van der Waals surface area contributed by atoms with Crippen molar-refractivity contribution in [1.82, 2.24) is 5.32 Å². The Balaban J connectivity index is 1.70. The van der Waals surface area contributed by atoms with Crippen LogP contribution in [0, 0.1) is 0 Å². The van der Waals surface area contributed by atoms with Crippen LogP contribution in [0.15, 0.2) is 48.5 Å². The number of rotatable bonds is 6. The predicted molar refractivity (Wildman–Crippen MR) is 110 cm³/mol. The van der Waals surface area contributed by atoms with Gasteiger partial charge in [0.1, 0.15) is 6.61 Å². The van der Waals surface area contributed by atoms with Crippen molar-refractivity contribution >= 4 is 12.1 Å². The third-order valence-electron chi connectivity index (χ3n) is 4.99. The van der Waals surface area contributed by atoms with Crippen molar-refractivity contribution in [3.63, 3.8) is 0 Å². The van der Waals surface area contributed by atoms with Crippen molar-refractivity contribution in [2.75, 3.05) is 13.2 Å². The third kappa shape index (κ3) is 4.59. The van der Waals surface area contributed by atoms with Crippen LogP contribution < -0.4 is 5.32 Å². The Morgan fingerprint density at radius 3 is 1.97 bits per heavy atom. The summed E-state index contributed by atoms with van der Waals surface area (Å²) >= 11 is 0. The van der Waals surface area contributed by atoms with Gasteiger partial charge in [0.05, 0.1) is 12.2 Å². The summed E-state index contributed by atoms with van der Waals surface area (Å²) in [5, 5.41) is 12.0. The van der Waals surface area contributed by atoms with E-state index in [2.05, 4.69) is 17.4 Å². The third-order valence-corrected chi connectivity index (χ3v) is 4.99. The molecule has 2 aromatic carbocycles. The Bertz CT molecular complexity index is 872. The molecule has 0 saturated carbocycles. The molecule has 1 unspecified atom stereocenters. The number of carbonyl (C=O) groups is 2. The van der Waals surface area contributed by atoms with E-state index in [0.717, 1.165) is 22.3 Å². The van der Waals surface area contributed by atoms with Crippen molar-refractivity contribution in [2.24, 2.45) is 0 Å². The number of nitrogens with one attached hydrogen (secondary N) is 1. The zero-order valence-corrected chi connectivity index (χ0v) is 17.2. The molecule has 154 valence electrons. The number of benzene rings is 2. The molecule has 1 amide bonds. The maximum absolute atomic E-state index is 12.4. The molecule has 0 aliphatic heterocycles. The predicted octanol–water partition coefficient (Wildman–Crippen LogP) is 4.18. The minimum absolute atomic E-state index is 0.0879. The first-order valence-corrected chi connectivity index (χ1v) is 9.61. The van der Waals surface area contributed by atoms with E-state index in [1.807, 2.05) is 57.2 Å². The molecular weight excluding hydrogens is 370 g/mol. The second kappa shape index (κ2) is 7.87. The maximum Gasteiger partial charge on any atom is 0.408 e. The molecule has 0 saturated heterocycles. The molecule has 1 atom stereocenters. The molecule has 0 radical (unpaired) electrons. The number of alkyl carbamates (subject to hydrolysis) is 1. The first kappa shape index (κ1) is 20.9. The van der Waals surface area contributed by atoms with E-state index in [1.165, 1.54) is 6.92 Å². The summed E-state index contributed by atoms with van der Waals surface area (Å²) < 4.78 is 11.0. The van der Waals surface area contributed by atoms with Crippen LogP contribution in [0.3, 0.4) is 0 Å². The molecule has 0 aromatic heterocycles. The molecule has 6 heteroatoms. The van der Waals surface area contributed by atoms with Gasteiger partial charge in [-0.15, -0.1) is 0 Å². The van der Waals surface area contributed by atoms with Gasteiger partial charge in [0.2, 0.25) is 0 Å². The topological polar surface area (TPSA) is 84.9 Å². The second-order valence-electron chi connectivity index (χ2n) is 8.49. The number of ether oxygens (including phenoxy) is 2. The highest BCUT2D eigenvalue weighted by Gasteiger charge is 2.38. The molecule has 3 rings (SSSR count). The number of aliphatic carboxylic acids is 1. The Hall–Kier alpha value is -2.86. The van der Waals surface area contributed by atoms with Crippen molar-refractivity contribution in [3.8, 4) is 11.1 Å². The fourth-order valence-corrected chi connectivity index (χ4v) is 3.37. The van der Waals surface area contributed by atoms with Crippen LogP contribution in [0.4, 0.5) is 4.79 Å². The van der Waals surface area contributed by atoms with Crippen molar-refractivity contribution < 1.29 is 24.2 Å². The van der Waals surface area contributed by atoms with Gasteiger partial charge in [0.25, 0.3) is 0 Å². The van der Waals surface area contributed by atoms with Gasteiger partial charge in [-0.2, -0.15) is 0 Å². The van der Waals surface area contributed by atoms with Crippen LogP contribution in [0.2, 0.25) is 0 Å². The van der Waals surface area contributed by atoms with E-state index >= 15 is 0 Å². The number of hydrogen-bond acceptors (Lipinski definition) is 4. The highest BCUT2D eigenvalue weighted by Crippen LogP contribution is 2.44. The second-order valence-corrected chi connectivity index (χ2v) is 8.49. The van der Waals surface area contributed by atoms with Gasteiger partial charge in [-0.3, -0.25) is 0 Å². The fourth-order valence-electron chi connectivity index (χ4n) is 3.37. The zero-order valence-electron chi connectivity index (χ0n) is 17.2. The average molecular weight is 397 g/mol. The minimum atomic E-state index is -1.59. The molecule has 2 N–H and O–H groups in total. The van der Waals surface area contributed by atoms with Gasteiger partial charge >= 0.3 is 12.1 Å². The molecule has 1 aliphatic carbocycles. The first-order chi connectivity index (χ1) is 13.6. The molecule has 2 aromatic rings. The van der Waals surface area contributed by atoms with E-state index < -0.39 is 23.2 Å². The van der Waals surface area contributed by atoms with Crippen LogP contribution in [0.25, 0.3) is 11.1 Å². The lowest BCUT2D eigenvalue weighted by Gasteiger charge is -2.30. The van der Waals surface area contributed by atoms with E-state index in [-0.39, 0.29) is 19.1 Å². The van der Waals surface area contributed by atoms with Gasteiger partial charge < -0.3 is 19.9 Å². The standard InChI is InChI=1S/C23H27NO5/c1-22(2,3)29-14-23(4,20(25)26)24-21(27)28-13-19-17-11-7-5-9-15(17)16-10-6-8-12-18(16)19/h5-12,19H,13-14H2,1-4H3,(H,24,27)(H,25,26). The number of fused-ring (bicyclic) bond motifs is 3. The fraction of sp³-hybridized carbons (Fsp3) is 0.391. The number of carboxylic acids is 1. The largest absolute Gasteiger partial charge is 0.479 e. The minimum Gasteiger partial charge on any atom is -0.479 e. The monoisotopic (exact) mass is 397 g/mol. The summed E-state index contributed by atoms with van der Waals surface area (Å²) in [5.74, 6) is -1.27. The smallest absolute Gasteiger partial charge is 0.408 e. The molecule has 1 aliphatic rings. The van der Waals surface area contributed by atoms with Gasteiger partial charge in [0.15, 0.2) is 5.54 Å². The van der Waals surface area contributed by atoms with Crippen LogP contribution >= 0.6 is 0 Å². The van der Waals surface area contributed by atoms with Crippen LogP contribution in [0.1, 0.15) is 44.7 Å². The lowest BCUT2D eigenvalue weighted by molar-refractivity contribution is -0.149. The van der Waals surface area contributed by atoms with Gasteiger partial charge in [-0.05, 0) is 49.9 Å². The summed E-state index contributed by atoms with van der Waals surface area (Å²) in [6.07, 6.45) is -0.783. The number of carboxylic acid groups (broad SMARTS) is 1. The van der Waals surface area contributed by atoms with Crippen molar-refractivity contribution in [1.29, 1.82) is 0 Å². The highest BCUT2D eigenvalue weighted by molar-refractivity contribution is 5.84. The molecular formula is C23H27NO5. The average Bonchev–Trinajstić information content (AvgIpc) is 2.98. The Morgan fingerprint density at radius 2 is 1.48 bits per heavy atom. The van der Waals surface area contributed by atoms with Gasteiger partial charge in [-0.1, -0.05) is 48.5 Å². The van der Waals surface area contributed by atoms with Gasteiger partial charge in [-0.25, -0.2) is 9.59 Å². The molecule has 0 fully saturated rings. The Morgan fingerprint density at radius 1 is 0.966 bits per heavy atom. The number of amides is 1. The van der Waals surface area contributed by atoms with Crippen LogP contribution in [0.5, 0.6) is 0 Å². The summed E-state index contributed by atoms with van der Waals surface area (Å²) in [6, 6.07) is 16.1. The normalized spacial score (nSPS) is 15.2. The highest BCUT2D eigenvalue weighted by atomic mass is 16.6. The van der Waals surface area contributed by atoms with Crippen LogP contribution in [-0.2, 0) is 14.3 Å². The van der Waals surface area contributed by atoms with Crippen molar-refractivity contribution in [2.45, 2.75) is 44.8 Å². The van der Waals surface area contributed by atoms with E-state index in [1.54, 1.807) is 0 Å². The summed E-state index contributed by atoms with van der Waals surface area (Å²) in [7, 11) is 0. The zero-order chi connectivity index (χ0) is 21.2. The molecule has 0 bridgehead atoms. The SMILES string of the molecule is CC(C)(C)OCC(C)(NC(=O)OCC1c2ccccc2-c2ccccc21)C(=O)O. The summed E-state index contributed by atoms with van der Waals surface area (Å²) in [4.78, 5) is 24.1. The van der Waals surface area contributed by atoms with E-state index in [0.29, 0.717) is 0 Å². The number of carbonyl (C=O) groups excluding carboxylic acids is 1. The molecule has 0 heterocycles. The van der Waals surface area contributed by atoms with Crippen molar-refractivity contribution in [3.05, 3.63) is 59.7 Å². The van der Waals surface area contributed by atoms with Gasteiger partial charge in [0, 0.05) is 5.92 Å². The first-order valence-electron chi connectivity index (χ1n) is 9.61. The van der Waals surface area contributed by atoms with E-state index in [9.17, 15) is 14.7 Å². The summed E-state index contributed by atoms with van der Waals surface area (Å²) in [5.41, 5.74) is 2.34. The quantitative estimate of drug-likeness (QED) is 0.764.